The van der Waals surface area contributed by atoms with Gasteiger partial charge in [-0.3, -0.25) is 4.98 Å². The first-order valence-electron chi connectivity index (χ1n) is 7.22. The van der Waals surface area contributed by atoms with E-state index in [1.807, 2.05) is 0 Å². The van der Waals surface area contributed by atoms with Crippen molar-refractivity contribution in [3.8, 4) is 22.3 Å². The summed E-state index contributed by atoms with van der Waals surface area (Å²) < 4.78 is 28.4. The number of sulfone groups is 1. The van der Waals surface area contributed by atoms with E-state index < -0.39 is 15.5 Å². The maximum absolute atomic E-state index is 12.4. The Morgan fingerprint density at radius 1 is 1.04 bits per heavy atom. The Morgan fingerprint density at radius 2 is 1.75 bits per heavy atom. The molecule has 122 valence electrons. The molecule has 0 fully saturated rings. The lowest BCUT2D eigenvalue weighted by Gasteiger charge is -2.10. The number of hydrogen-bond acceptors (Lipinski definition) is 5. The fraction of sp³-hybridized carbons (Fsp3) is 0.111. The maximum Gasteiger partial charge on any atom is 0.344 e. The van der Waals surface area contributed by atoms with Gasteiger partial charge < -0.3 is 4.42 Å². The number of nitrogens with zero attached hydrogens (tertiary/aromatic N) is 1. The summed E-state index contributed by atoms with van der Waals surface area (Å²) in [5.41, 5.74) is 2.01. The van der Waals surface area contributed by atoms with Crippen molar-refractivity contribution < 1.29 is 12.8 Å². The predicted octanol–water partition coefficient (Wildman–Crippen LogP) is 3.08. The van der Waals surface area contributed by atoms with Crippen LogP contribution >= 0.6 is 0 Å². The molecule has 0 aliphatic heterocycles. The predicted molar refractivity (Wildman–Crippen MR) is 91.5 cm³/mol. The van der Waals surface area contributed by atoms with Crippen molar-refractivity contribution in [2.75, 3.05) is 6.26 Å². The van der Waals surface area contributed by atoms with E-state index in [2.05, 4.69) is 4.98 Å². The number of benzene rings is 1. The summed E-state index contributed by atoms with van der Waals surface area (Å²) in [7, 11) is -3.27. The summed E-state index contributed by atoms with van der Waals surface area (Å²) in [6.45, 7) is 1.70. The third kappa shape index (κ3) is 3.14. The van der Waals surface area contributed by atoms with Crippen molar-refractivity contribution in [2.45, 2.75) is 11.8 Å². The minimum absolute atomic E-state index is 0.230. The van der Waals surface area contributed by atoms with Crippen LogP contribution in [0.2, 0.25) is 0 Å². The highest BCUT2D eigenvalue weighted by Gasteiger charge is 2.15. The second kappa shape index (κ2) is 6.05. The largest absolute Gasteiger partial charge is 0.428 e. The Labute approximate surface area is 139 Å². The first-order valence-corrected chi connectivity index (χ1v) is 9.11. The molecule has 24 heavy (non-hydrogen) atoms. The lowest BCUT2D eigenvalue weighted by atomic mass is 9.97. The third-order valence-corrected chi connectivity index (χ3v) is 4.75. The van der Waals surface area contributed by atoms with Crippen LogP contribution in [0.3, 0.4) is 0 Å². The van der Waals surface area contributed by atoms with Gasteiger partial charge in [-0.25, -0.2) is 13.2 Å². The Bertz CT molecular complexity index is 1040. The second-order valence-electron chi connectivity index (χ2n) is 5.47. The topological polar surface area (TPSA) is 77.2 Å². The molecule has 2 aromatic heterocycles. The maximum atomic E-state index is 12.4. The summed E-state index contributed by atoms with van der Waals surface area (Å²) in [6.07, 6.45) is 4.38. The van der Waals surface area contributed by atoms with Gasteiger partial charge in [-0.1, -0.05) is 18.2 Å². The van der Waals surface area contributed by atoms with Gasteiger partial charge in [0.1, 0.15) is 5.76 Å². The quantitative estimate of drug-likeness (QED) is 0.731. The number of hydrogen-bond donors (Lipinski definition) is 0. The molecule has 0 aliphatic carbocycles. The fourth-order valence-corrected chi connectivity index (χ4v) is 3.14. The van der Waals surface area contributed by atoms with Crippen LogP contribution in [0.4, 0.5) is 0 Å². The van der Waals surface area contributed by atoms with Gasteiger partial charge in [-0.15, -0.1) is 0 Å². The molecule has 0 atom stereocenters. The van der Waals surface area contributed by atoms with Crippen LogP contribution in [-0.4, -0.2) is 19.7 Å². The molecular formula is C18H15NO4S. The minimum atomic E-state index is -3.27. The van der Waals surface area contributed by atoms with Crippen LogP contribution in [0.1, 0.15) is 5.76 Å². The van der Waals surface area contributed by atoms with Gasteiger partial charge in [0.05, 0.1) is 10.5 Å². The van der Waals surface area contributed by atoms with E-state index in [9.17, 15) is 13.2 Å². The van der Waals surface area contributed by atoms with Gasteiger partial charge in [-0.05, 0) is 36.8 Å². The van der Waals surface area contributed by atoms with Gasteiger partial charge >= 0.3 is 5.63 Å². The summed E-state index contributed by atoms with van der Waals surface area (Å²) in [5.74, 6) is 0.481. The molecule has 0 bridgehead atoms. The van der Waals surface area contributed by atoms with Crippen molar-refractivity contribution in [2.24, 2.45) is 0 Å². The van der Waals surface area contributed by atoms with Crippen LogP contribution in [0.15, 0.2) is 69.0 Å². The third-order valence-electron chi connectivity index (χ3n) is 3.62. The zero-order valence-corrected chi connectivity index (χ0v) is 14.0. The molecule has 0 saturated carbocycles. The van der Waals surface area contributed by atoms with E-state index in [1.54, 1.807) is 49.6 Å². The highest BCUT2D eigenvalue weighted by atomic mass is 32.2. The zero-order valence-electron chi connectivity index (χ0n) is 13.2. The Morgan fingerprint density at radius 3 is 2.33 bits per heavy atom. The summed E-state index contributed by atoms with van der Waals surface area (Å²) >= 11 is 0. The number of rotatable bonds is 3. The number of pyridine rings is 1. The molecule has 0 spiro atoms. The molecule has 3 rings (SSSR count). The van der Waals surface area contributed by atoms with E-state index in [1.165, 1.54) is 12.1 Å². The molecule has 0 N–H and O–H groups in total. The molecule has 0 aliphatic rings. The lowest BCUT2D eigenvalue weighted by Crippen LogP contribution is -2.06. The highest BCUT2D eigenvalue weighted by Crippen LogP contribution is 2.30. The van der Waals surface area contributed by atoms with Crippen LogP contribution in [0, 0.1) is 6.92 Å². The van der Waals surface area contributed by atoms with Gasteiger partial charge in [-0.2, -0.15) is 0 Å². The second-order valence-corrected chi connectivity index (χ2v) is 7.49. The minimum Gasteiger partial charge on any atom is -0.428 e. The smallest absolute Gasteiger partial charge is 0.344 e. The molecule has 3 aromatic rings. The van der Waals surface area contributed by atoms with Crippen LogP contribution < -0.4 is 5.63 Å². The summed E-state index contributed by atoms with van der Waals surface area (Å²) in [6, 6.07) is 11.7. The fourth-order valence-electron chi connectivity index (χ4n) is 2.51. The van der Waals surface area contributed by atoms with Crippen molar-refractivity contribution in [3.63, 3.8) is 0 Å². The first kappa shape index (κ1) is 16.1. The average Bonchev–Trinajstić information content (AvgIpc) is 2.54. The van der Waals surface area contributed by atoms with E-state index >= 15 is 0 Å². The van der Waals surface area contributed by atoms with E-state index in [4.69, 9.17) is 4.42 Å². The van der Waals surface area contributed by atoms with Gasteiger partial charge in [0, 0.05) is 29.8 Å². The Balaban J connectivity index is 2.23. The molecule has 5 nitrogen and oxygen atoms in total. The van der Waals surface area contributed by atoms with Crippen LogP contribution in [0.5, 0.6) is 0 Å². The van der Waals surface area contributed by atoms with Crippen LogP contribution in [-0.2, 0) is 9.84 Å². The lowest BCUT2D eigenvalue weighted by molar-refractivity contribution is 0.483. The monoisotopic (exact) mass is 341 g/mol. The molecular weight excluding hydrogens is 326 g/mol. The molecule has 1 aromatic carbocycles. The molecule has 6 heteroatoms. The van der Waals surface area contributed by atoms with Crippen molar-refractivity contribution >= 4 is 9.84 Å². The molecule has 0 amide bonds. The number of aryl methyl sites for hydroxylation is 1. The van der Waals surface area contributed by atoms with Crippen LogP contribution in [0.25, 0.3) is 22.3 Å². The van der Waals surface area contributed by atoms with Crippen molar-refractivity contribution in [3.05, 3.63) is 71.0 Å². The van der Waals surface area contributed by atoms with Crippen molar-refractivity contribution in [1.82, 2.24) is 4.98 Å². The summed E-state index contributed by atoms with van der Waals surface area (Å²) in [5, 5.41) is 0. The summed E-state index contributed by atoms with van der Waals surface area (Å²) in [4.78, 5) is 16.6. The van der Waals surface area contributed by atoms with E-state index in [0.29, 0.717) is 22.5 Å². The van der Waals surface area contributed by atoms with E-state index in [-0.39, 0.29) is 4.90 Å². The van der Waals surface area contributed by atoms with Gasteiger partial charge in [0.25, 0.3) is 0 Å². The molecule has 0 radical (unpaired) electrons. The average molecular weight is 341 g/mol. The normalized spacial score (nSPS) is 11.4. The van der Waals surface area contributed by atoms with Crippen molar-refractivity contribution in [1.29, 1.82) is 0 Å². The number of aromatic nitrogens is 1. The van der Waals surface area contributed by atoms with Gasteiger partial charge in [0.15, 0.2) is 9.84 Å². The van der Waals surface area contributed by atoms with Gasteiger partial charge in [0.2, 0.25) is 0 Å². The zero-order chi connectivity index (χ0) is 17.3. The van der Waals surface area contributed by atoms with E-state index in [0.717, 1.165) is 11.8 Å². The Kier molecular flexibility index (Phi) is 4.07. The molecule has 2 heterocycles. The highest BCUT2D eigenvalue weighted by molar-refractivity contribution is 7.90. The standard InChI is InChI=1S/C18H15NO4S/c1-12-10-16(13-5-7-15(8-6-13)24(2,21)22)17(18(20)23-12)14-4-3-9-19-11-14/h3-11H,1-2H3. The first-order chi connectivity index (χ1) is 11.4. The molecule has 0 unspecified atom stereocenters. The Hall–Kier alpha value is -2.73. The SMILES string of the molecule is Cc1cc(-c2ccc(S(C)(=O)=O)cc2)c(-c2cccnc2)c(=O)o1. The molecule has 0 saturated heterocycles.